The van der Waals surface area contributed by atoms with E-state index in [9.17, 15) is 12.8 Å². The van der Waals surface area contributed by atoms with Crippen molar-refractivity contribution >= 4 is 19.7 Å². The van der Waals surface area contributed by atoms with Gasteiger partial charge in [0.2, 0.25) is 0 Å². The van der Waals surface area contributed by atoms with E-state index in [1.807, 2.05) is 13.8 Å². The molecule has 4 nitrogen and oxygen atoms in total. The van der Waals surface area contributed by atoms with Gasteiger partial charge in [0.05, 0.1) is 17.1 Å². The predicted octanol–water partition coefficient (Wildman–Crippen LogP) is 3.06. The highest BCUT2D eigenvalue weighted by atomic mass is 35.7. The van der Waals surface area contributed by atoms with Crippen molar-refractivity contribution in [2.75, 3.05) is 0 Å². The summed E-state index contributed by atoms with van der Waals surface area (Å²) in [5, 5.41) is 4.30. The molecule has 0 atom stereocenters. The maximum Gasteiger partial charge on any atom is 0.265 e. The Kier molecular flexibility index (Phi) is 4.15. The molecule has 7 heteroatoms. The number of hydrogen-bond donors (Lipinski definition) is 0. The standard InChI is InChI=1S/C13H14ClFN2O2S/c1-3-11-13(20(14,18)19)12(4-2)17(16-11)10-7-5-9(15)6-8-10/h5-8H,3-4H2,1-2H3. The van der Waals surface area contributed by atoms with Crippen LogP contribution in [0.4, 0.5) is 4.39 Å². The van der Waals surface area contributed by atoms with Gasteiger partial charge >= 0.3 is 0 Å². The van der Waals surface area contributed by atoms with Gasteiger partial charge in [-0.1, -0.05) is 13.8 Å². The van der Waals surface area contributed by atoms with Crippen molar-refractivity contribution in [1.82, 2.24) is 9.78 Å². The fourth-order valence-corrected chi connectivity index (χ4v) is 3.62. The largest absolute Gasteiger partial charge is 0.265 e. The third-order valence-corrected chi connectivity index (χ3v) is 4.41. The fourth-order valence-electron chi connectivity index (χ4n) is 2.11. The molecule has 0 aliphatic rings. The average Bonchev–Trinajstić information content (AvgIpc) is 2.78. The van der Waals surface area contributed by atoms with E-state index in [1.54, 1.807) is 12.1 Å². The Hall–Kier alpha value is -1.40. The molecule has 0 amide bonds. The van der Waals surface area contributed by atoms with Gasteiger partial charge in [0.15, 0.2) is 0 Å². The van der Waals surface area contributed by atoms with Gasteiger partial charge in [0.1, 0.15) is 10.7 Å². The van der Waals surface area contributed by atoms with Crippen LogP contribution in [0.5, 0.6) is 0 Å². The van der Waals surface area contributed by atoms with E-state index in [-0.39, 0.29) is 10.7 Å². The van der Waals surface area contributed by atoms with Crippen molar-refractivity contribution in [3.8, 4) is 5.69 Å². The predicted molar refractivity (Wildman–Crippen MR) is 75.3 cm³/mol. The molecule has 0 saturated carbocycles. The van der Waals surface area contributed by atoms with Crippen LogP contribution < -0.4 is 0 Å². The van der Waals surface area contributed by atoms with Crippen LogP contribution in [0, 0.1) is 5.82 Å². The minimum absolute atomic E-state index is 0.0634. The van der Waals surface area contributed by atoms with Crippen LogP contribution in [0.15, 0.2) is 29.2 Å². The lowest BCUT2D eigenvalue weighted by atomic mass is 10.2. The topological polar surface area (TPSA) is 52.0 Å². The van der Waals surface area contributed by atoms with Crippen molar-refractivity contribution in [3.63, 3.8) is 0 Å². The van der Waals surface area contributed by atoms with E-state index >= 15 is 0 Å². The first-order chi connectivity index (χ1) is 9.38. The number of nitrogens with zero attached hydrogens (tertiary/aromatic N) is 2. The Morgan fingerprint density at radius 1 is 1.20 bits per heavy atom. The van der Waals surface area contributed by atoms with Crippen molar-refractivity contribution in [3.05, 3.63) is 41.5 Å². The lowest BCUT2D eigenvalue weighted by Gasteiger charge is -2.06. The molecular weight excluding hydrogens is 303 g/mol. The molecule has 0 radical (unpaired) electrons. The van der Waals surface area contributed by atoms with Gasteiger partial charge < -0.3 is 0 Å². The summed E-state index contributed by atoms with van der Waals surface area (Å²) in [6.45, 7) is 3.63. The van der Waals surface area contributed by atoms with Crippen LogP contribution in [0.3, 0.4) is 0 Å². The number of aryl methyl sites for hydroxylation is 1. The second kappa shape index (κ2) is 5.54. The van der Waals surface area contributed by atoms with E-state index in [2.05, 4.69) is 5.10 Å². The highest BCUT2D eigenvalue weighted by Crippen LogP contribution is 2.27. The first kappa shape index (κ1) is 15.0. The number of hydrogen-bond acceptors (Lipinski definition) is 3. The van der Waals surface area contributed by atoms with Gasteiger partial charge in [0.25, 0.3) is 9.05 Å². The molecule has 1 aromatic carbocycles. The van der Waals surface area contributed by atoms with Crippen molar-refractivity contribution in [1.29, 1.82) is 0 Å². The molecule has 108 valence electrons. The van der Waals surface area contributed by atoms with Gasteiger partial charge in [-0.15, -0.1) is 0 Å². The van der Waals surface area contributed by atoms with Gasteiger partial charge in [-0.2, -0.15) is 5.10 Å². The van der Waals surface area contributed by atoms with Gasteiger partial charge in [-0.05, 0) is 37.1 Å². The Labute approximate surface area is 121 Å². The molecule has 0 saturated heterocycles. The zero-order valence-electron chi connectivity index (χ0n) is 11.1. The van der Waals surface area contributed by atoms with Crippen molar-refractivity contribution in [2.24, 2.45) is 0 Å². The maximum atomic E-state index is 13.0. The monoisotopic (exact) mass is 316 g/mol. The van der Waals surface area contributed by atoms with Crippen molar-refractivity contribution < 1.29 is 12.8 Å². The molecule has 1 heterocycles. The molecule has 0 bridgehead atoms. The molecule has 1 aromatic heterocycles. The van der Waals surface area contributed by atoms with Crippen LogP contribution in [0.2, 0.25) is 0 Å². The molecule has 20 heavy (non-hydrogen) atoms. The smallest absolute Gasteiger partial charge is 0.236 e. The van der Waals surface area contributed by atoms with E-state index in [1.165, 1.54) is 16.8 Å². The summed E-state index contributed by atoms with van der Waals surface area (Å²) >= 11 is 0. The summed E-state index contributed by atoms with van der Waals surface area (Å²) in [6, 6.07) is 5.70. The van der Waals surface area contributed by atoms with Gasteiger partial charge in [0, 0.05) is 10.7 Å². The molecule has 0 N–H and O–H groups in total. The first-order valence-electron chi connectivity index (χ1n) is 6.19. The molecule has 0 unspecified atom stereocenters. The lowest BCUT2D eigenvalue weighted by molar-refractivity contribution is 0.607. The number of aromatic nitrogens is 2. The van der Waals surface area contributed by atoms with Crippen LogP contribution in [-0.4, -0.2) is 18.2 Å². The summed E-state index contributed by atoms with van der Waals surface area (Å²) < 4.78 is 38.0. The van der Waals surface area contributed by atoms with Gasteiger partial charge in [-0.3, -0.25) is 0 Å². The molecule has 0 aliphatic carbocycles. The molecular formula is C13H14ClFN2O2S. The minimum Gasteiger partial charge on any atom is -0.236 e. The zero-order valence-corrected chi connectivity index (χ0v) is 12.7. The molecule has 2 rings (SSSR count). The van der Waals surface area contributed by atoms with Crippen LogP contribution in [0.1, 0.15) is 25.2 Å². The minimum atomic E-state index is -3.87. The normalized spacial score (nSPS) is 11.8. The molecule has 0 spiro atoms. The third-order valence-electron chi connectivity index (χ3n) is 2.99. The second-order valence-electron chi connectivity index (χ2n) is 4.26. The Balaban J connectivity index is 2.72. The summed E-state index contributed by atoms with van der Waals surface area (Å²) in [5.74, 6) is -0.361. The van der Waals surface area contributed by atoms with E-state index in [4.69, 9.17) is 10.7 Å². The number of benzene rings is 1. The van der Waals surface area contributed by atoms with Crippen LogP contribution in [-0.2, 0) is 21.9 Å². The summed E-state index contributed by atoms with van der Waals surface area (Å²) in [4.78, 5) is 0.0634. The fraction of sp³-hybridized carbons (Fsp3) is 0.308. The van der Waals surface area contributed by atoms with Crippen molar-refractivity contribution in [2.45, 2.75) is 31.6 Å². The molecule has 0 aliphatic heterocycles. The Morgan fingerprint density at radius 2 is 1.80 bits per heavy atom. The molecule has 0 fully saturated rings. The average molecular weight is 317 g/mol. The summed E-state index contributed by atoms with van der Waals surface area (Å²) in [5.41, 5.74) is 1.52. The first-order valence-corrected chi connectivity index (χ1v) is 8.50. The van der Waals surface area contributed by atoms with E-state index in [0.29, 0.717) is 29.9 Å². The quantitative estimate of drug-likeness (QED) is 0.815. The number of rotatable bonds is 4. The summed E-state index contributed by atoms with van der Waals surface area (Å²) in [7, 11) is 1.64. The van der Waals surface area contributed by atoms with Crippen LogP contribution in [0.25, 0.3) is 5.69 Å². The molecule has 2 aromatic rings. The van der Waals surface area contributed by atoms with E-state index < -0.39 is 9.05 Å². The highest BCUT2D eigenvalue weighted by Gasteiger charge is 2.25. The lowest BCUT2D eigenvalue weighted by Crippen LogP contribution is -2.03. The van der Waals surface area contributed by atoms with E-state index in [0.717, 1.165) is 0 Å². The maximum absolute atomic E-state index is 13.0. The SMILES string of the molecule is CCc1nn(-c2ccc(F)cc2)c(CC)c1S(=O)(=O)Cl. The summed E-state index contributed by atoms with van der Waals surface area (Å²) in [6.07, 6.45) is 0.897. The van der Waals surface area contributed by atoms with Crippen LogP contribution >= 0.6 is 10.7 Å². The third kappa shape index (κ3) is 2.71. The zero-order chi connectivity index (χ0) is 14.9. The van der Waals surface area contributed by atoms with Gasteiger partial charge in [-0.25, -0.2) is 17.5 Å². The highest BCUT2D eigenvalue weighted by molar-refractivity contribution is 8.13. The Bertz CT molecular complexity index is 724. The second-order valence-corrected chi connectivity index (χ2v) is 6.76. The Morgan fingerprint density at radius 3 is 2.25 bits per heavy atom. The number of halogens is 2.